The number of ether oxygens (including phenoxy) is 1. The second-order valence-electron chi connectivity index (χ2n) is 4.25. The van der Waals surface area contributed by atoms with Crippen molar-refractivity contribution in [2.75, 3.05) is 19.7 Å². The van der Waals surface area contributed by atoms with Crippen molar-refractivity contribution in [1.29, 1.82) is 0 Å². The van der Waals surface area contributed by atoms with E-state index in [-0.39, 0.29) is 11.4 Å². The number of piperidine rings is 1. The predicted molar refractivity (Wildman–Crippen MR) is 69.7 cm³/mol. The van der Waals surface area contributed by atoms with Gasteiger partial charge in [-0.15, -0.1) is 0 Å². The molecular formula is C11H14BrN3O3. The fourth-order valence-electron chi connectivity index (χ4n) is 1.95. The van der Waals surface area contributed by atoms with Gasteiger partial charge < -0.3 is 10.1 Å². The van der Waals surface area contributed by atoms with Crippen molar-refractivity contribution in [3.8, 4) is 5.75 Å². The first-order chi connectivity index (χ1) is 8.68. The van der Waals surface area contributed by atoms with Crippen LogP contribution in [0.5, 0.6) is 5.75 Å². The van der Waals surface area contributed by atoms with E-state index in [0.29, 0.717) is 17.0 Å². The molecule has 18 heavy (non-hydrogen) atoms. The summed E-state index contributed by atoms with van der Waals surface area (Å²) in [6.07, 6.45) is 4.91. The van der Waals surface area contributed by atoms with Crippen molar-refractivity contribution >= 4 is 21.6 Å². The van der Waals surface area contributed by atoms with Gasteiger partial charge in [-0.1, -0.05) is 0 Å². The first-order valence-corrected chi connectivity index (χ1v) is 6.59. The van der Waals surface area contributed by atoms with E-state index in [1.807, 2.05) is 0 Å². The van der Waals surface area contributed by atoms with Gasteiger partial charge in [0.2, 0.25) is 5.75 Å². The van der Waals surface area contributed by atoms with Crippen molar-refractivity contribution in [2.24, 2.45) is 5.92 Å². The molecule has 0 saturated carbocycles. The molecule has 1 aromatic rings. The molecule has 0 amide bonds. The van der Waals surface area contributed by atoms with E-state index in [9.17, 15) is 10.1 Å². The Morgan fingerprint density at radius 3 is 3.11 bits per heavy atom. The summed E-state index contributed by atoms with van der Waals surface area (Å²) in [5, 5.41) is 14.2. The molecule has 2 rings (SSSR count). The lowest BCUT2D eigenvalue weighted by Crippen LogP contribution is -2.33. The summed E-state index contributed by atoms with van der Waals surface area (Å²) in [6.45, 7) is 2.42. The van der Waals surface area contributed by atoms with E-state index in [4.69, 9.17) is 4.74 Å². The zero-order valence-electron chi connectivity index (χ0n) is 9.76. The number of nitrogens with one attached hydrogen (secondary N) is 1. The molecule has 1 fully saturated rings. The molecule has 0 radical (unpaired) electrons. The van der Waals surface area contributed by atoms with Gasteiger partial charge in [0.15, 0.2) is 0 Å². The van der Waals surface area contributed by atoms with Crippen molar-refractivity contribution in [2.45, 2.75) is 12.8 Å². The quantitative estimate of drug-likeness (QED) is 0.680. The largest absolute Gasteiger partial charge is 0.486 e. The summed E-state index contributed by atoms with van der Waals surface area (Å²) >= 11 is 3.23. The maximum absolute atomic E-state index is 10.9. The molecule has 0 spiro atoms. The summed E-state index contributed by atoms with van der Waals surface area (Å²) in [5.74, 6) is 0.666. The van der Waals surface area contributed by atoms with Crippen LogP contribution in [0.2, 0.25) is 0 Å². The van der Waals surface area contributed by atoms with Gasteiger partial charge in [-0.3, -0.25) is 15.1 Å². The predicted octanol–water partition coefficient (Wildman–Crippen LogP) is 2.13. The molecule has 0 bridgehead atoms. The van der Waals surface area contributed by atoms with E-state index >= 15 is 0 Å². The van der Waals surface area contributed by atoms with Crippen LogP contribution in [0.4, 0.5) is 5.69 Å². The zero-order valence-corrected chi connectivity index (χ0v) is 11.4. The Kier molecular flexibility index (Phi) is 4.48. The average molecular weight is 316 g/mol. The van der Waals surface area contributed by atoms with Crippen molar-refractivity contribution in [3.63, 3.8) is 0 Å². The molecule has 2 heterocycles. The highest BCUT2D eigenvalue weighted by molar-refractivity contribution is 9.10. The molecule has 1 atom stereocenters. The average Bonchev–Trinajstić information content (AvgIpc) is 2.38. The van der Waals surface area contributed by atoms with Gasteiger partial charge in [0, 0.05) is 18.7 Å². The maximum Gasteiger partial charge on any atom is 0.330 e. The lowest BCUT2D eigenvalue weighted by molar-refractivity contribution is -0.386. The van der Waals surface area contributed by atoms with Crippen LogP contribution in [0.1, 0.15) is 12.8 Å². The standard InChI is InChI=1S/C11H14BrN3O3/c12-9-5-14-6-10(15(16)17)11(9)18-7-8-2-1-3-13-4-8/h5-6,8,13H,1-4,7H2. The van der Waals surface area contributed by atoms with E-state index in [0.717, 1.165) is 25.9 Å². The summed E-state index contributed by atoms with van der Waals surface area (Å²) < 4.78 is 6.11. The minimum Gasteiger partial charge on any atom is -0.486 e. The minimum absolute atomic E-state index is 0.104. The van der Waals surface area contributed by atoms with Crippen LogP contribution >= 0.6 is 15.9 Å². The van der Waals surface area contributed by atoms with Crippen molar-refractivity contribution in [3.05, 3.63) is 27.0 Å². The number of aromatic nitrogens is 1. The molecule has 1 aliphatic rings. The molecule has 6 nitrogen and oxygen atoms in total. The van der Waals surface area contributed by atoms with Crippen LogP contribution in [0.3, 0.4) is 0 Å². The highest BCUT2D eigenvalue weighted by Crippen LogP contribution is 2.34. The molecule has 7 heteroatoms. The van der Waals surface area contributed by atoms with Crippen LogP contribution in [-0.4, -0.2) is 29.6 Å². The molecule has 1 aliphatic heterocycles. The van der Waals surface area contributed by atoms with E-state index in [1.165, 1.54) is 12.4 Å². The van der Waals surface area contributed by atoms with Gasteiger partial charge in [-0.05, 0) is 35.3 Å². The van der Waals surface area contributed by atoms with Gasteiger partial charge in [-0.25, -0.2) is 0 Å². The number of rotatable bonds is 4. The third-order valence-corrected chi connectivity index (χ3v) is 3.46. The van der Waals surface area contributed by atoms with E-state index in [2.05, 4.69) is 26.2 Å². The molecule has 98 valence electrons. The summed E-state index contributed by atoms with van der Waals surface area (Å²) in [7, 11) is 0. The second-order valence-corrected chi connectivity index (χ2v) is 5.10. The highest BCUT2D eigenvalue weighted by Gasteiger charge is 2.21. The molecule has 1 aromatic heterocycles. The third-order valence-electron chi connectivity index (χ3n) is 2.89. The lowest BCUT2D eigenvalue weighted by Gasteiger charge is -2.22. The van der Waals surface area contributed by atoms with E-state index in [1.54, 1.807) is 0 Å². The molecular weight excluding hydrogens is 302 g/mol. The topological polar surface area (TPSA) is 77.3 Å². The Labute approximate surface area is 113 Å². The number of nitro groups is 1. The van der Waals surface area contributed by atoms with Gasteiger partial charge in [0.05, 0.1) is 16.0 Å². The van der Waals surface area contributed by atoms with Crippen LogP contribution in [0.25, 0.3) is 0 Å². The maximum atomic E-state index is 10.9. The Bertz CT molecular complexity index is 436. The monoisotopic (exact) mass is 315 g/mol. The van der Waals surface area contributed by atoms with Gasteiger partial charge >= 0.3 is 5.69 Å². The fourth-order valence-corrected chi connectivity index (χ4v) is 2.39. The number of pyridine rings is 1. The minimum atomic E-state index is -0.480. The molecule has 0 aromatic carbocycles. The van der Waals surface area contributed by atoms with Gasteiger partial charge in [0.25, 0.3) is 0 Å². The van der Waals surface area contributed by atoms with E-state index < -0.39 is 4.92 Å². The normalized spacial score (nSPS) is 19.5. The molecule has 1 saturated heterocycles. The van der Waals surface area contributed by atoms with Crippen molar-refractivity contribution in [1.82, 2.24) is 10.3 Å². The molecule has 1 N–H and O–H groups in total. The van der Waals surface area contributed by atoms with Gasteiger partial charge in [0.1, 0.15) is 6.20 Å². The van der Waals surface area contributed by atoms with Gasteiger partial charge in [-0.2, -0.15) is 0 Å². The molecule has 0 aliphatic carbocycles. The Morgan fingerprint density at radius 2 is 2.44 bits per heavy atom. The first kappa shape index (κ1) is 13.2. The van der Waals surface area contributed by atoms with Crippen molar-refractivity contribution < 1.29 is 9.66 Å². The molecule has 1 unspecified atom stereocenters. The highest BCUT2D eigenvalue weighted by atomic mass is 79.9. The third kappa shape index (κ3) is 3.17. The SMILES string of the molecule is O=[N+]([O-])c1cncc(Br)c1OCC1CCCNC1. The number of halogens is 1. The zero-order chi connectivity index (χ0) is 13.0. The smallest absolute Gasteiger partial charge is 0.330 e. The van der Waals surface area contributed by atoms with Crippen LogP contribution in [0, 0.1) is 16.0 Å². The van der Waals surface area contributed by atoms with Crippen LogP contribution < -0.4 is 10.1 Å². The Morgan fingerprint density at radius 1 is 1.61 bits per heavy atom. The van der Waals surface area contributed by atoms with Crippen LogP contribution in [0.15, 0.2) is 16.9 Å². The number of hydrogen-bond donors (Lipinski definition) is 1. The second kappa shape index (κ2) is 6.10. The summed E-state index contributed by atoms with van der Waals surface area (Å²) in [5.41, 5.74) is -0.104. The fraction of sp³-hybridized carbons (Fsp3) is 0.545. The van der Waals surface area contributed by atoms with Crippen LogP contribution in [-0.2, 0) is 0 Å². The number of nitrogens with zero attached hydrogens (tertiary/aromatic N) is 2. The Balaban J connectivity index is 2.05. The first-order valence-electron chi connectivity index (χ1n) is 5.80. The summed E-state index contributed by atoms with van der Waals surface area (Å²) in [4.78, 5) is 14.2. The lowest BCUT2D eigenvalue weighted by atomic mass is 10.0. The Hall–Kier alpha value is -1.21. The number of hydrogen-bond acceptors (Lipinski definition) is 5. The summed E-state index contributed by atoms with van der Waals surface area (Å²) in [6, 6.07) is 0.